The van der Waals surface area contributed by atoms with Crippen LogP contribution in [-0.2, 0) is 4.79 Å². The van der Waals surface area contributed by atoms with Crippen LogP contribution >= 0.6 is 11.3 Å². The van der Waals surface area contributed by atoms with Crippen molar-refractivity contribution in [3.63, 3.8) is 0 Å². The number of hydrogen-bond acceptors (Lipinski definition) is 3. The molecule has 2 N–H and O–H groups in total. The number of thiophene rings is 1. The van der Waals surface area contributed by atoms with E-state index in [0.29, 0.717) is 24.9 Å². The summed E-state index contributed by atoms with van der Waals surface area (Å²) in [4.78, 5) is 23.6. The first kappa shape index (κ1) is 16.2. The monoisotopic (exact) mass is 316 g/mol. The van der Waals surface area contributed by atoms with Crippen LogP contribution in [0.1, 0.15) is 34.3 Å². The fourth-order valence-corrected chi connectivity index (χ4v) is 2.63. The van der Waals surface area contributed by atoms with E-state index in [-0.39, 0.29) is 11.8 Å². The highest BCUT2D eigenvalue weighted by molar-refractivity contribution is 7.08. The number of carbonyl (C=O) groups is 2. The predicted molar refractivity (Wildman–Crippen MR) is 90.4 cm³/mol. The Hall–Kier alpha value is -2.14. The molecule has 0 saturated heterocycles. The summed E-state index contributed by atoms with van der Waals surface area (Å²) in [5.74, 6) is -0.121. The summed E-state index contributed by atoms with van der Waals surface area (Å²) in [6.07, 6.45) is 1.00. The summed E-state index contributed by atoms with van der Waals surface area (Å²) in [5.41, 5.74) is 3.84. The third-order valence-electron chi connectivity index (χ3n) is 3.44. The van der Waals surface area contributed by atoms with Crippen molar-refractivity contribution in [1.82, 2.24) is 5.32 Å². The summed E-state index contributed by atoms with van der Waals surface area (Å²) in [7, 11) is 0. The molecule has 0 radical (unpaired) electrons. The topological polar surface area (TPSA) is 58.2 Å². The third kappa shape index (κ3) is 4.70. The molecule has 0 saturated carbocycles. The first-order valence-electron chi connectivity index (χ1n) is 7.24. The number of nitrogens with one attached hydrogen (secondary N) is 2. The molecule has 0 aliphatic heterocycles. The lowest BCUT2D eigenvalue weighted by Gasteiger charge is -2.08. The van der Waals surface area contributed by atoms with E-state index in [1.807, 2.05) is 42.8 Å². The Balaban J connectivity index is 1.69. The molecule has 0 unspecified atom stereocenters. The predicted octanol–water partition coefficient (Wildman–Crippen LogP) is 3.51. The SMILES string of the molecule is Cc1ccc(NC(=O)CCCNC(=O)c2ccsc2)cc1C. The van der Waals surface area contributed by atoms with E-state index in [1.165, 1.54) is 16.9 Å². The summed E-state index contributed by atoms with van der Waals surface area (Å²) in [5, 5.41) is 9.36. The zero-order valence-corrected chi connectivity index (χ0v) is 13.6. The Kier molecular flexibility index (Phi) is 5.72. The van der Waals surface area contributed by atoms with Crippen molar-refractivity contribution in [3.05, 3.63) is 51.7 Å². The molecule has 1 aromatic heterocycles. The molecule has 4 nitrogen and oxygen atoms in total. The minimum atomic E-state index is -0.0872. The normalized spacial score (nSPS) is 10.3. The van der Waals surface area contributed by atoms with Gasteiger partial charge in [0.1, 0.15) is 0 Å². The van der Waals surface area contributed by atoms with Crippen LogP contribution in [0.4, 0.5) is 5.69 Å². The summed E-state index contributed by atoms with van der Waals surface area (Å²) >= 11 is 1.49. The maximum atomic E-state index is 11.9. The molecule has 1 aromatic carbocycles. The molecule has 116 valence electrons. The number of aryl methyl sites for hydroxylation is 2. The summed E-state index contributed by atoms with van der Waals surface area (Å²) < 4.78 is 0. The average Bonchev–Trinajstić information content (AvgIpc) is 3.01. The molecule has 1 heterocycles. The van der Waals surface area contributed by atoms with Crippen LogP contribution in [0.2, 0.25) is 0 Å². The maximum Gasteiger partial charge on any atom is 0.252 e. The van der Waals surface area contributed by atoms with Crippen LogP contribution in [0, 0.1) is 13.8 Å². The van der Waals surface area contributed by atoms with E-state index in [4.69, 9.17) is 0 Å². The molecule has 5 heteroatoms. The number of benzene rings is 1. The summed E-state index contributed by atoms with van der Waals surface area (Å²) in [6.45, 7) is 4.55. The van der Waals surface area contributed by atoms with Gasteiger partial charge in [-0.25, -0.2) is 0 Å². The first-order chi connectivity index (χ1) is 10.6. The van der Waals surface area contributed by atoms with Crippen LogP contribution in [0.5, 0.6) is 0 Å². The molecule has 0 spiro atoms. The molecule has 2 amide bonds. The van der Waals surface area contributed by atoms with Crippen molar-refractivity contribution < 1.29 is 9.59 Å². The number of carbonyl (C=O) groups excluding carboxylic acids is 2. The fraction of sp³-hybridized carbons (Fsp3) is 0.294. The van der Waals surface area contributed by atoms with Gasteiger partial charge in [-0.3, -0.25) is 9.59 Å². The van der Waals surface area contributed by atoms with Gasteiger partial charge in [-0.2, -0.15) is 11.3 Å². The van der Waals surface area contributed by atoms with Gasteiger partial charge in [-0.05, 0) is 55.0 Å². The van der Waals surface area contributed by atoms with Crippen molar-refractivity contribution in [2.45, 2.75) is 26.7 Å². The van der Waals surface area contributed by atoms with E-state index >= 15 is 0 Å². The molecule has 0 fully saturated rings. The first-order valence-corrected chi connectivity index (χ1v) is 8.18. The van der Waals surface area contributed by atoms with Gasteiger partial charge in [0.2, 0.25) is 5.91 Å². The van der Waals surface area contributed by atoms with E-state index in [2.05, 4.69) is 10.6 Å². The molecule has 2 aromatic rings. The van der Waals surface area contributed by atoms with E-state index in [1.54, 1.807) is 6.07 Å². The standard InChI is InChI=1S/C17H20N2O2S/c1-12-5-6-15(10-13(12)2)19-16(20)4-3-8-18-17(21)14-7-9-22-11-14/h5-7,9-11H,3-4,8H2,1-2H3,(H,18,21)(H,19,20). The highest BCUT2D eigenvalue weighted by Gasteiger charge is 2.06. The Morgan fingerprint density at radius 3 is 2.64 bits per heavy atom. The molecular formula is C17H20N2O2S. The van der Waals surface area contributed by atoms with Crippen molar-refractivity contribution in [2.75, 3.05) is 11.9 Å². The molecule has 0 aliphatic carbocycles. The van der Waals surface area contributed by atoms with Crippen molar-refractivity contribution in [2.24, 2.45) is 0 Å². The van der Waals surface area contributed by atoms with Crippen LogP contribution in [0.25, 0.3) is 0 Å². The lowest BCUT2D eigenvalue weighted by atomic mass is 10.1. The van der Waals surface area contributed by atoms with Crippen LogP contribution < -0.4 is 10.6 Å². The zero-order valence-electron chi connectivity index (χ0n) is 12.8. The van der Waals surface area contributed by atoms with Gasteiger partial charge < -0.3 is 10.6 Å². The molecule has 2 rings (SSSR count). The van der Waals surface area contributed by atoms with E-state index in [0.717, 1.165) is 11.3 Å². The zero-order chi connectivity index (χ0) is 15.9. The molecule has 22 heavy (non-hydrogen) atoms. The lowest BCUT2D eigenvalue weighted by molar-refractivity contribution is -0.116. The third-order valence-corrected chi connectivity index (χ3v) is 4.12. The minimum absolute atomic E-state index is 0.0342. The van der Waals surface area contributed by atoms with Gasteiger partial charge in [0.05, 0.1) is 0 Å². The van der Waals surface area contributed by atoms with Crippen LogP contribution in [0.15, 0.2) is 35.0 Å². The Morgan fingerprint density at radius 2 is 1.95 bits per heavy atom. The maximum absolute atomic E-state index is 11.9. The number of anilines is 1. The van der Waals surface area contributed by atoms with E-state index in [9.17, 15) is 9.59 Å². The van der Waals surface area contributed by atoms with E-state index < -0.39 is 0 Å². The molecule has 0 aliphatic rings. The number of amides is 2. The molecule has 0 bridgehead atoms. The highest BCUT2D eigenvalue weighted by Crippen LogP contribution is 2.14. The number of rotatable bonds is 6. The second-order valence-electron chi connectivity index (χ2n) is 5.22. The lowest BCUT2D eigenvalue weighted by Crippen LogP contribution is -2.25. The van der Waals surface area contributed by atoms with Crippen molar-refractivity contribution >= 4 is 28.8 Å². The van der Waals surface area contributed by atoms with Gasteiger partial charge >= 0.3 is 0 Å². The minimum Gasteiger partial charge on any atom is -0.352 e. The van der Waals surface area contributed by atoms with Gasteiger partial charge in [-0.1, -0.05) is 6.07 Å². The quantitative estimate of drug-likeness (QED) is 0.801. The number of hydrogen-bond donors (Lipinski definition) is 2. The average molecular weight is 316 g/mol. The highest BCUT2D eigenvalue weighted by atomic mass is 32.1. The van der Waals surface area contributed by atoms with Gasteiger partial charge in [-0.15, -0.1) is 0 Å². The Morgan fingerprint density at radius 1 is 1.14 bits per heavy atom. The van der Waals surface area contributed by atoms with Gasteiger partial charge in [0.15, 0.2) is 0 Å². The van der Waals surface area contributed by atoms with Gasteiger partial charge in [0.25, 0.3) is 5.91 Å². The molecule has 0 atom stereocenters. The largest absolute Gasteiger partial charge is 0.352 e. The second kappa shape index (κ2) is 7.75. The smallest absolute Gasteiger partial charge is 0.252 e. The molecular weight excluding hydrogens is 296 g/mol. The fourth-order valence-electron chi connectivity index (χ4n) is 1.99. The summed E-state index contributed by atoms with van der Waals surface area (Å²) in [6, 6.07) is 7.64. The van der Waals surface area contributed by atoms with Crippen molar-refractivity contribution in [3.8, 4) is 0 Å². The Bertz CT molecular complexity index is 651. The van der Waals surface area contributed by atoms with Crippen molar-refractivity contribution in [1.29, 1.82) is 0 Å². The van der Waals surface area contributed by atoms with Gasteiger partial charge in [0, 0.05) is 29.6 Å². The Labute approximate surface area is 134 Å². The van der Waals surface area contributed by atoms with Crippen LogP contribution in [0.3, 0.4) is 0 Å². The second-order valence-corrected chi connectivity index (χ2v) is 6.00. The van der Waals surface area contributed by atoms with Crippen LogP contribution in [-0.4, -0.2) is 18.4 Å².